The first-order valence-electron chi connectivity index (χ1n) is 11.0. The van der Waals surface area contributed by atoms with Crippen LogP contribution >= 0.6 is 0 Å². The molecule has 0 aliphatic heterocycles. The van der Waals surface area contributed by atoms with Crippen molar-refractivity contribution in [3.63, 3.8) is 0 Å². The molecule has 0 radical (unpaired) electrons. The van der Waals surface area contributed by atoms with Crippen molar-refractivity contribution < 1.29 is 4.57 Å². The van der Waals surface area contributed by atoms with Crippen molar-refractivity contribution in [1.29, 1.82) is 0 Å². The minimum atomic E-state index is 0.981. The van der Waals surface area contributed by atoms with E-state index in [0.717, 1.165) is 13.0 Å². The number of rotatable bonds is 14. The number of aromatic nitrogens is 2. The zero-order valence-corrected chi connectivity index (χ0v) is 17.1. The van der Waals surface area contributed by atoms with Gasteiger partial charge in [-0.2, -0.15) is 0 Å². The molecule has 0 bridgehead atoms. The van der Waals surface area contributed by atoms with Crippen LogP contribution in [0.1, 0.15) is 89.4 Å². The van der Waals surface area contributed by atoms with Gasteiger partial charge in [-0.25, -0.2) is 9.13 Å². The molecule has 2 nitrogen and oxygen atoms in total. The Bertz CT molecular complexity index is 586. The van der Waals surface area contributed by atoms with Gasteiger partial charge < -0.3 is 0 Å². The molecule has 1 aromatic heterocycles. The van der Waals surface area contributed by atoms with Crippen molar-refractivity contribution in [2.24, 2.45) is 0 Å². The van der Waals surface area contributed by atoms with Gasteiger partial charge in [-0.05, 0) is 18.4 Å². The highest BCUT2D eigenvalue weighted by molar-refractivity contribution is 5.13. The third-order valence-corrected chi connectivity index (χ3v) is 5.35. The van der Waals surface area contributed by atoms with Gasteiger partial charge in [0.05, 0.1) is 6.54 Å². The van der Waals surface area contributed by atoms with E-state index < -0.39 is 0 Å². The van der Waals surface area contributed by atoms with Crippen molar-refractivity contribution >= 4 is 0 Å². The molecule has 2 rings (SSSR count). The van der Waals surface area contributed by atoms with Crippen LogP contribution in [0.3, 0.4) is 0 Å². The molecule has 0 aliphatic carbocycles. The quantitative estimate of drug-likeness (QED) is 0.277. The lowest BCUT2D eigenvalue weighted by molar-refractivity contribution is -0.695. The van der Waals surface area contributed by atoms with Crippen LogP contribution < -0.4 is 4.57 Å². The van der Waals surface area contributed by atoms with E-state index >= 15 is 0 Å². The lowest BCUT2D eigenvalue weighted by atomic mass is 10.1. The second kappa shape index (κ2) is 12.7. The van der Waals surface area contributed by atoms with E-state index in [1.54, 1.807) is 0 Å². The minimum absolute atomic E-state index is 0.981. The summed E-state index contributed by atoms with van der Waals surface area (Å²) in [5, 5.41) is 0. The summed E-state index contributed by atoms with van der Waals surface area (Å²) in [5.74, 6) is 1.45. The lowest BCUT2D eigenvalue weighted by Crippen LogP contribution is -2.37. The molecule has 0 N–H and O–H groups in total. The van der Waals surface area contributed by atoms with E-state index in [-0.39, 0.29) is 0 Å². The van der Waals surface area contributed by atoms with Gasteiger partial charge in [0, 0.05) is 6.42 Å². The zero-order valence-electron chi connectivity index (χ0n) is 17.1. The van der Waals surface area contributed by atoms with Gasteiger partial charge in [-0.15, -0.1) is 0 Å². The van der Waals surface area contributed by atoms with E-state index in [9.17, 15) is 0 Å². The molecule has 2 aromatic rings. The van der Waals surface area contributed by atoms with E-state index in [1.807, 2.05) is 0 Å². The van der Waals surface area contributed by atoms with Crippen LogP contribution in [0.4, 0.5) is 0 Å². The minimum Gasteiger partial charge on any atom is -0.234 e. The van der Waals surface area contributed by atoms with Crippen molar-refractivity contribution in [3.05, 3.63) is 54.1 Å². The molecular formula is C24H39N2+. The number of hydrogen-bond acceptors (Lipinski definition) is 0. The summed E-state index contributed by atoms with van der Waals surface area (Å²) >= 11 is 0. The summed E-state index contributed by atoms with van der Waals surface area (Å²) in [6, 6.07) is 10.8. The van der Waals surface area contributed by atoms with Crippen LogP contribution in [0.25, 0.3) is 0 Å². The predicted octanol–water partition coefficient (Wildman–Crippen LogP) is 6.31. The van der Waals surface area contributed by atoms with Crippen molar-refractivity contribution in [2.45, 2.75) is 97.6 Å². The predicted molar refractivity (Wildman–Crippen MR) is 111 cm³/mol. The topological polar surface area (TPSA) is 8.81 Å². The molecule has 0 amide bonds. The molecule has 0 unspecified atom stereocenters. The largest absolute Gasteiger partial charge is 0.256 e. The third-order valence-electron chi connectivity index (χ3n) is 5.35. The van der Waals surface area contributed by atoms with Crippen LogP contribution in [-0.2, 0) is 19.5 Å². The highest BCUT2D eigenvalue weighted by Crippen LogP contribution is 2.11. The van der Waals surface area contributed by atoms with E-state index in [4.69, 9.17) is 0 Å². The number of benzene rings is 1. The number of hydrogen-bond donors (Lipinski definition) is 0. The summed E-state index contributed by atoms with van der Waals surface area (Å²) in [4.78, 5) is 0. The fraction of sp³-hybridized carbons (Fsp3) is 0.625. The highest BCUT2D eigenvalue weighted by Gasteiger charge is 2.14. The number of nitrogens with zero attached hydrogens (tertiary/aromatic N) is 2. The van der Waals surface area contributed by atoms with Crippen LogP contribution in [0.2, 0.25) is 0 Å². The molecule has 0 spiro atoms. The van der Waals surface area contributed by atoms with Crippen LogP contribution in [0.15, 0.2) is 42.7 Å². The Labute approximate surface area is 161 Å². The number of imidazole rings is 1. The summed E-state index contributed by atoms with van der Waals surface area (Å²) in [6.07, 6.45) is 19.7. The van der Waals surface area contributed by atoms with Gasteiger partial charge in [0.25, 0.3) is 5.82 Å². The average Bonchev–Trinajstić information content (AvgIpc) is 3.05. The van der Waals surface area contributed by atoms with Gasteiger partial charge in [0.2, 0.25) is 0 Å². The average molecular weight is 356 g/mol. The van der Waals surface area contributed by atoms with Gasteiger partial charge in [0.15, 0.2) is 0 Å². The standard InChI is InChI=1S/C24H39N2/c1-3-5-6-7-8-9-10-11-12-16-19-25-20-21-26(24(25)4-2)22-23-17-14-13-15-18-23/h13-15,17-18,20-21H,3-12,16,19,22H2,1-2H3/q+1. The van der Waals surface area contributed by atoms with E-state index in [1.165, 1.54) is 82.1 Å². The Balaban J connectivity index is 1.65. The summed E-state index contributed by atoms with van der Waals surface area (Å²) < 4.78 is 4.87. The first kappa shape index (κ1) is 20.7. The van der Waals surface area contributed by atoms with Crippen molar-refractivity contribution in [2.75, 3.05) is 0 Å². The SMILES string of the molecule is CCCCCCCCCCCCn1cc[n+](Cc2ccccc2)c1CC. The maximum Gasteiger partial charge on any atom is 0.256 e. The second-order valence-corrected chi connectivity index (χ2v) is 7.56. The van der Waals surface area contributed by atoms with Crippen LogP contribution in [-0.4, -0.2) is 4.57 Å². The van der Waals surface area contributed by atoms with Crippen molar-refractivity contribution in [1.82, 2.24) is 4.57 Å². The number of aryl methyl sites for hydroxylation is 1. The molecule has 1 heterocycles. The van der Waals surface area contributed by atoms with Crippen LogP contribution in [0.5, 0.6) is 0 Å². The zero-order chi connectivity index (χ0) is 18.5. The normalized spacial score (nSPS) is 11.2. The molecule has 0 saturated heterocycles. The maximum absolute atomic E-state index is 2.47. The molecule has 0 aliphatic rings. The first-order valence-corrected chi connectivity index (χ1v) is 11.0. The number of unbranched alkanes of at least 4 members (excludes halogenated alkanes) is 9. The molecule has 2 heteroatoms. The van der Waals surface area contributed by atoms with Crippen LogP contribution in [0, 0.1) is 0 Å². The maximum atomic E-state index is 2.47. The Morgan fingerprint density at radius 1 is 0.769 bits per heavy atom. The molecular weight excluding hydrogens is 316 g/mol. The van der Waals surface area contributed by atoms with Gasteiger partial charge >= 0.3 is 0 Å². The summed E-state index contributed by atoms with van der Waals surface area (Å²) in [7, 11) is 0. The molecule has 26 heavy (non-hydrogen) atoms. The van der Waals surface area contributed by atoms with E-state index in [0.29, 0.717) is 0 Å². The molecule has 0 fully saturated rings. The van der Waals surface area contributed by atoms with Gasteiger partial charge in [-0.1, -0.05) is 95.5 Å². The highest BCUT2D eigenvalue weighted by atomic mass is 15.1. The molecule has 0 saturated carbocycles. The third kappa shape index (κ3) is 7.35. The fourth-order valence-electron chi connectivity index (χ4n) is 3.80. The second-order valence-electron chi connectivity index (χ2n) is 7.56. The lowest BCUT2D eigenvalue weighted by Gasteiger charge is -2.05. The Morgan fingerprint density at radius 3 is 2.00 bits per heavy atom. The smallest absolute Gasteiger partial charge is 0.234 e. The molecule has 144 valence electrons. The Morgan fingerprint density at radius 2 is 1.38 bits per heavy atom. The fourth-order valence-corrected chi connectivity index (χ4v) is 3.80. The van der Waals surface area contributed by atoms with Gasteiger partial charge in [0.1, 0.15) is 18.9 Å². The van der Waals surface area contributed by atoms with Gasteiger partial charge in [-0.3, -0.25) is 0 Å². The molecule has 0 atom stereocenters. The first-order chi connectivity index (χ1) is 12.8. The molecule has 1 aromatic carbocycles. The monoisotopic (exact) mass is 355 g/mol. The Kier molecular flexibility index (Phi) is 10.2. The van der Waals surface area contributed by atoms with Crippen molar-refractivity contribution in [3.8, 4) is 0 Å². The Hall–Kier alpha value is -1.57. The van der Waals surface area contributed by atoms with E-state index in [2.05, 4.69) is 65.7 Å². The summed E-state index contributed by atoms with van der Waals surface area (Å²) in [6.45, 7) is 6.71. The summed E-state index contributed by atoms with van der Waals surface area (Å²) in [5.41, 5.74) is 1.38.